The molecule has 1 aromatic carbocycles. The number of ketones is 1. The van der Waals surface area contributed by atoms with Crippen molar-refractivity contribution in [3.05, 3.63) is 48.3 Å². The molecular formula is C16H17N3O3. The molecule has 2 heterocycles. The molecule has 1 fully saturated rings. The Morgan fingerprint density at radius 2 is 2.05 bits per heavy atom. The summed E-state index contributed by atoms with van der Waals surface area (Å²) in [6.45, 7) is 0.408. The van der Waals surface area contributed by atoms with Crippen LogP contribution in [0.3, 0.4) is 0 Å². The Morgan fingerprint density at radius 3 is 2.77 bits per heavy atom. The van der Waals surface area contributed by atoms with Crippen LogP contribution in [0.4, 0.5) is 0 Å². The first-order chi connectivity index (χ1) is 10.7. The highest BCUT2D eigenvalue weighted by Gasteiger charge is 2.32. The molecule has 1 aliphatic heterocycles. The summed E-state index contributed by atoms with van der Waals surface area (Å²) in [5.74, 6) is -1.15. The van der Waals surface area contributed by atoms with Gasteiger partial charge in [-0.2, -0.15) is 5.10 Å². The van der Waals surface area contributed by atoms with Crippen molar-refractivity contribution in [1.29, 1.82) is 0 Å². The van der Waals surface area contributed by atoms with Crippen LogP contribution in [-0.2, 0) is 4.79 Å². The van der Waals surface area contributed by atoms with Crippen molar-refractivity contribution in [1.82, 2.24) is 14.7 Å². The summed E-state index contributed by atoms with van der Waals surface area (Å²) in [6, 6.07) is 9.13. The number of nitrogens with zero attached hydrogens (tertiary/aromatic N) is 3. The Morgan fingerprint density at radius 1 is 1.27 bits per heavy atom. The largest absolute Gasteiger partial charge is 0.394 e. The van der Waals surface area contributed by atoms with Gasteiger partial charge in [-0.25, -0.2) is 4.68 Å². The number of likely N-dealkylation sites (tertiary alicyclic amines) is 1. The van der Waals surface area contributed by atoms with E-state index in [2.05, 4.69) is 5.10 Å². The molecule has 1 aromatic heterocycles. The van der Waals surface area contributed by atoms with Gasteiger partial charge in [0.15, 0.2) is 0 Å². The van der Waals surface area contributed by atoms with Gasteiger partial charge in [0.25, 0.3) is 11.7 Å². The standard InChI is InChI=1S/C16H17N3O3/c20-11-14-7-4-8-18(14)16(22)15(21)12-9-17-19(10-12)13-5-2-1-3-6-13/h1-3,5-6,9-10,14,20H,4,7-8,11H2/t14-/m1/s1. The zero-order valence-electron chi connectivity index (χ0n) is 12.1. The topological polar surface area (TPSA) is 75.4 Å². The Kier molecular flexibility index (Phi) is 4.02. The second-order valence-corrected chi connectivity index (χ2v) is 5.32. The van der Waals surface area contributed by atoms with Gasteiger partial charge in [0, 0.05) is 12.7 Å². The van der Waals surface area contributed by atoms with Crippen molar-refractivity contribution in [2.24, 2.45) is 0 Å². The predicted octanol–water partition coefficient (Wildman–Crippen LogP) is 1.04. The van der Waals surface area contributed by atoms with Crippen molar-refractivity contribution in [3.63, 3.8) is 0 Å². The van der Waals surface area contributed by atoms with Crippen LogP contribution in [0.25, 0.3) is 5.69 Å². The summed E-state index contributed by atoms with van der Waals surface area (Å²) in [7, 11) is 0. The Hall–Kier alpha value is -2.47. The van der Waals surface area contributed by atoms with E-state index in [9.17, 15) is 14.7 Å². The number of para-hydroxylation sites is 1. The van der Waals surface area contributed by atoms with Crippen molar-refractivity contribution in [3.8, 4) is 5.69 Å². The number of benzene rings is 1. The van der Waals surface area contributed by atoms with Gasteiger partial charge in [0.1, 0.15) is 0 Å². The third-order valence-corrected chi connectivity index (χ3v) is 3.91. The zero-order chi connectivity index (χ0) is 15.5. The normalized spacial score (nSPS) is 17.7. The first-order valence-corrected chi connectivity index (χ1v) is 7.27. The maximum Gasteiger partial charge on any atom is 0.295 e. The molecule has 0 spiro atoms. The van der Waals surface area contributed by atoms with Crippen LogP contribution in [0, 0.1) is 0 Å². The monoisotopic (exact) mass is 299 g/mol. The van der Waals surface area contributed by atoms with Gasteiger partial charge in [-0.05, 0) is 25.0 Å². The lowest BCUT2D eigenvalue weighted by molar-refractivity contribution is -0.127. The molecule has 0 saturated carbocycles. The lowest BCUT2D eigenvalue weighted by atomic mass is 10.2. The average molecular weight is 299 g/mol. The highest BCUT2D eigenvalue weighted by Crippen LogP contribution is 2.18. The number of hydrogen-bond acceptors (Lipinski definition) is 4. The number of amides is 1. The van der Waals surface area contributed by atoms with Gasteiger partial charge >= 0.3 is 0 Å². The van der Waals surface area contributed by atoms with Crippen molar-refractivity contribution in [2.45, 2.75) is 18.9 Å². The van der Waals surface area contributed by atoms with Gasteiger partial charge in [-0.1, -0.05) is 18.2 Å². The van der Waals surface area contributed by atoms with E-state index >= 15 is 0 Å². The molecule has 0 bridgehead atoms. The first kappa shape index (κ1) is 14.5. The fourth-order valence-corrected chi connectivity index (χ4v) is 2.71. The zero-order valence-corrected chi connectivity index (χ0v) is 12.1. The van der Waals surface area contributed by atoms with Crippen LogP contribution in [0.5, 0.6) is 0 Å². The van der Waals surface area contributed by atoms with Gasteiger partial charge in [0.05, 0.1) is 30.1 Å². The number of aliphatic hydroxyl groups is 1. The lowest BCUT2D eigenvalue weighted by Crippen LogP contribution is -2.41. The molecule has 114 valence electrons. The first-order valence-electron chi connectivity index (χ1n) is 7.27. The summed E-state index contributed by atoms with van der Waals surface area (Å²) in [5, 5.41) is 13.4. The Balaban J connectivity index is 1.78. The second kappa shape index (κ2) is 6.11. The maximum absolute atomic E-state index is 12.3. The molecular weight excluding hydrogens is 282 g/mol. The van der Waals surface area contributed by atoms with Gasteiger partial charge < -0.3 is 10.0 Å². The molecule has 1 aliphatic rings. The minimum absolute atomic E-state index is 0.109. The molecule has 22 heavy (non-hydrogen) atoms. The predicted molar refractivity (Wildman–Crippen MR) is 79.7 cm³/mol. The van der Waals surface area contributed by atoms with Gasteiger partial charge in [0.2, 0.25) is 0 Å². The summed E-state index contributed by atoms with van der Waals surface area (Å²) < 4.78 is 1.56. The van der Waals surface area contributed by atoms with E-state index in [1.807, 2.05) is 30.3 Å². The number of rotatable bonds is 4. The number of aromatic nitrogens is 2. The summed E-state index contributed by atoms with van der Waals surface area (Å²) in [4.78, 5) is 26.1. The second-order valence-electron chi connectivity index (χ2n) is 5.32. The molecule has 0 unspecified atom stereocenters. The third-order valence-electron chi connectivity index (χ3n) is 3.91. The Labute approximate surface area is 128 Å². The number of Topliss-reactive ketones (excluding diaryl/α,β-unsaturated/α-hetero) is 1. The average Bonchev–Trinajstić information content (AvgIpc) is 3.23. The molecule has 0 radical (unpaired) electrons. The third kappa shape index (κ3) is 2.65. The quantitative estimate of drug-likeness (QED) is 0.676. The van der Waals surface area contributed by atoms with E-state index in [0.717, 1.165) is 18.5 Å². The molecule has 1 amide bonds. The van der Waals surface area contributed by atoms with Crippen molar-refractivity contribution < 1.29 is 14.7 Å². The maximum atomic E-state index is 12.3. The highest BCUT2D eigenvalue weighted by molar-refractivity contribution is 6.42. The van der Waals surface area contributed by atoms with E-state index in [4.69, 9.17) is 0 Å². The fraction of sp³-hybridized carbons (Fsp3) is 0.312. The van der Waals surface area contributed by atoms with Crippen LogP contribution in [0.15, 0.2) is 42.7 Å². The molecule has 3 rings (SSSR count). The number of carbonyl (C=O) groups excluding carboxylic acids is 2. The molecule has 2 aromatic rings. The minimum atomic E-state index is -0.581. The van der Waals surface area contributed by atoms with Gasteiger partial charge in [-0.3, -0.25) is 9.59 Å². The SMILES string of the molecule is O=C(C(=O)N1CCC[C@@H]1CO)c1cnn(-c2ccccc2)c1. The van der Waals surface area contributed by atoms with Crippen molar-refractivity contribution in [2.75, 3.05) is 13.2 Å². The van der Waals surface area contributed by atoms with E-state index in [0.29, 0.717) is 6.54 Å². The molecule has 1 saturated heterocycles. The van der Waals surface area contributed by atoms with Crippen LogP contribution in [-0.4, -0.2) is 50.7 Å². The number of carbonyl (C=O) groups is 2. The number of aliphatic hydroxyl groups excluding tert-OH is 1. The Bertz CT molecular complexity index is 681. The fourth-order valence-electron chi connectivity index (χ4n) is 2.71. The highest BCUT2D eigenvalue weighted by atomic mass is 16.3. The minimum Gasteiger partial charge on any atom is -0.394 e. The molecule has 0 aliphatic carbocycles. The van der Waals surface area contributed by atoms with Crippen LogP contribution < -0.4 is 0 Å². The van der Waals surface area contributed by atoms with Gasteiger partial charge in [-0.15, -0.1) is 0 Å². The molecule has 1 N–H and O–H groups in total. The summed E-state index contributed by atoms with van der Waals surface area (Å²) >= 11 is 0. The lowest BCUT2D eigenvalue weighted by Gasteiger charge is -2.21. The molecule has 6 heteroatoms. The van der Waals surface area contributed by atoms with E-state index < -0.39 is 11.7 Å². The van der Waals surface area contributed by atoms with Crippen LogP contribution >= 0.6 is 0 Å². The van der Waals surface area contributed by atoms with E-state index in [1.54, 1.807) is 10.9 Å². The van der Waals surface area contributed by atoms with E-state index in [-0.39, 0.29) is 18.2 Å². The molecule has 1 atom stereocenters. The van der Waals surface area contributed by atoms with Crippen LogP contribution in [0.2, 0.25) is 0 Å². The summed E-state index contributed by atoms with van der Waals surface area (Å²) in [6.07, 6.45) is 4.50. The number of hydrogen-bond donors (Lipinski definition) is 1. The smallest absolute Gasteiger partial charge is 0.295 e. The van der Waals surface area contributed by atoms with Crippen LogP contribution in [0.1, 0.15) is 23.2 Å². The molecule has 6 nitrogen and oxygen atoms in total. The van der Waals surface area contributed by atoms with E-state index in [1.165, 1.54) is 11.1 Å². The summed E-state index contributed by atoms with van der Waals surface area (Å²) in [5.41, 5.74) is 1.08. The van der Waals surface area contributed by atoms with Crippen molar-refractivity contribution >= 4 is 11.7 Å².